The summed E-state index contributed by atoms with van der Waals surface area (Å²) in [7, 11) is 1.57. The zero-order valence-corrected chi connectivity index (χ0v) is 22.1. The van der Waals surface area contributed by atoms with Gasteiger partial charge in [-0.05, 0) is 80.8 Å². The highest BCUT2D eigenvalue weighted by molar-refractivity contribution is 5.89. The lowest BCUT2D eigenvalue weighted by Crippen LogP contribution is -2.51. The fourth-order valence-corrected chi connectivity index (χ4v) is 4.29. The standard InChI is InChI=1S/C27H33FN6O4/c1-27(2,3)29-26(36)24(18-9-13-21(37-4)14-10-18)33(16-22-6-5-15-38-22)23(35)17-34-31-25(30-32-34)19-7-11-20(28)12-8-19/h7-14,22,24H,5-6,15-17H2,1-4H3,(H,29,36)/t22-,24+/m1/s1. The highest BCUT2D eigenvalue weighted by atomic mass is 19.1. The summed E-state index contributed by atoms with van der Waals surface area (Å²) in [6.07, 6.45) is 1.48. The maximum absolute atomic E-state index is 13.8. The Balaban J connectivity index is 1.64. The van der Waals surface area contributed by atoms with E-state index in [0.29, 0.717) is 23.5 Å². The van der Waals surface area contributed by atoms with E-state index < -0.39 is 11.6 Å². The molecular weight excluding hydrogens is 491 g/mol. The van der Waals surface area contributed by atoms with Gasteiger partial charge in [-0.3, -0.25) is 9.59 Å². The van der Waals surface area contributed by atoms with Crippen molar-refractivity contribution in [3.05, 3.63) is 59.9 Å². The third-order valence-electron chi connectivity index (χ3n) is 6.07. The molecule has 2 amide bonds. The average Bonchev–Trinajstić information content (AvgIpc) is 3.56. The molecule has 1 aromatic heterocycles. The molecule has 11 heteroatoms. The molecule has 0 saturated carbocycles. The highest BCUT2D eigenvalue weighted by Crippen LogP contribution is 2.27. The topological polar surface area (TPSA) is 111 Å². The van der Waals surface area contributed by atoms with E-state index in [2.05, 4.69) is 20.7 Å². The number of amides is 2. The lowest BCUT2D eigenvalue weighted by atomic mass is 10.0. The summed E-state index contributed by atoms with van der Waals surface area (Å²) in [6.45, 7) is 6.26. The summed E-state index contributed by atoms with van der Waals surface area (Å²) in [5, 5.41) is 15.3. The first-order valence-electron chi connectivity index (χ1n) is 12.5. The summed E-state index contributed by atoms with van der Waals surface area (Å²) < 4.78 is 24.4. The van der Waals surface area contributed by atoms with Gasteiger partial charge in [-0.15, -0.1) is 10.2 Å². The van der Waals surface area contributed by atoms with Crippen molar-refractivity contribution in [2.75, 3.05) is 20.3 Å². The molecule has 2 heterocycles. The summed E-state index contributed by atoms with van der Waals surface area (Å²) in [5.41, 5.74) is 0.692. The molecule has 0 radical (unpaired) electrons. The van der Waals surface area contributed by atoms with Crippen molar-refractivity contribution in [1.82, 2.24) is 30.4 Å². The monoisotopic (exact) mass is 524 g/mol. The van der Waals surface area contributed by atoms with E-state index in [1.807, 2.05) is 20.8 Å². The molecule has 3 aromatic rings. The number of hydrogen-bond donors (Lipinski definition) is 1. The number of carbonyl (C=O) groups is 2. The predicted octanol–water partition coefficient (Wildman–Crippen LogP) is 3.15. The Hall–Kier alpha value is -3.86. The van der Waals surface area contributed by atoms with Crippen molar-refractivity contribution < 1.29 is 23.5 Å². The number of nitrogens with zero attached hydrogens (tertiary/aromatic N) is 5. The quantitative estimate of drug-likeness (QED) is 0.458. The van der Waals surface area contributed by atoms with Gasteiger partial charge < -0.3 is 19.7 Å². The molecule has 0 aliphatic carbocycles. The van der Waals surface area contributed by atoms with Crippen LogP contribution in [-0.4, -0.2) is 68.8 Å². The normalized spacial score (nSPS) is 16.2. The predicted molar refractivity (Wildman–Crippen MR) is 138 cm³/mol. The molecular formula is C27H33FN6O4. The van der Waals surface area contributed by atoms with Crippen LogP contribution in [0.1, 0.15) is 45.2 Å². The van der Waals surface area contributed by atoms with Gasteiger partial charge in [-0.1, -0.05) is 12.1 Å². The Kier molecular flexibility index (Phi) is 8.35. The third kappa shape index (κ3) is 6.91. The van der Waals surface area contributed by atoms with Gasteiger partial charge >= 0.3 is 0 Å². The molecule has 4 rings (SSSR count). The zero-order chi connectivity index (χ0) is 27.3. The van der Waals surface area contributed by atoms with Crippen LogP contribution in [0.3, 0.4) is 0 Å². The maximum atomic E-state index is 13.8. The second kappa shape index (κ2) is 11.7. The van der Waals surface area contributed by atoms with Crippen LogP contribution in [0.15, 0.2) is 48.5 Å². The largest absolute Gasteiger partial charge is 0.497 e. The summed E-state index contributed by atoms with van der Waals surface area (Å²) in [4.78, 5) is 30.1. The highest BCUT2D eigenvalue weighted by Gasteiger charge is 2.36. The van der Waals surface area contributed by atoms with E-state index in [0.717, 1.165) is 12.8 Å². The first-order chi connectivity index (χ1) is 18.1. The van der Waals surface area contributed by atoms with Crippen LogP contribution in [0.4, 0.5) is 4.39 Å². The van der Waals surface area contributed by atoms with Crippen LogP contribution in [0.5, 0.6) is 5.75 Å². The fourth-order valence-electron chi connectivity index (χ4n) is 4.29. The summed E-state index contributed by atoms with van der Waals surface area (Å²) in [6, 6.07) is 11.8. The minimum Gasteiger partial charge on any atom is -0.497 e. The smallest absolute Gasteiger partial charge is 0.247 e. The minimum absolute atomic E-state index is 0.194. The Labute approximate surface area is 221 Å². The lowest BCUT2D eigenvalue weighted by Gasteiger charge is -2.35. The fraction of sp³-hybridized carbons (Fsp3) is 0.444. The number of ether oxygens (including phenoxy) is 2. The van der Waals surface area contributed by atoms with Gasteiger partial charge in [0.25, 0.3) is 0 Å². The van der Waals surface area contributed by atoms with Gasteiger partial charge in [0, 0.05) is 24.3 Å². The number of carbonyl (C=O) groups excluding carboxylic acids is 2. The van der Waals surface area contributed by atoms with Gasteiger partial charge in [0.05, 0.1) is 13.2 Å². The van der Waals surface area contributed by atoms with E-state index in [1.54, 1.807) is 43.5 Å². The number of hydrogen-bond acceptors (Lipinski definition) is 7. The van der Waals surface area contributed by atoms with E-state index in [-0.39, 0.29) is 42.6 Å². The molecule has 0 unspecified atom stereocenters. The average molecular weight is 525 g/mol. The van der Waals surface area contributed by atoms with Crippen LogP contribution < -0.4 is 10.1 Å². The van der Waals surface area contributed by atoms with Gasteiger partial charge in [-0.2, -0.15) is 4.80 Å². The second-order valence-corrected chi connectivity index (χ2v) is 10.2. The number of tetrazole rings is 1. The summed E-state index contributed by atoms with van der Waals surface area (Å²) >= 11 is 0. The second-order valence-electron chi connectivity index (χ2n) is 10.2. The molecule has 1 N–H and O–H groups in total. The Bertz CT molecular complexity index is 1230. The van der Waals surface area contributed by atoms with Crippen molar-refractivity contribution in [2.45, 2.75) is 57.8 Å². The van der Waals surface area contributed by atoms with Gasteiger partial charge in [-0.25, -0.2) is 4.39 Å². The Morgan fingerprint density at radius 1 is 1.18 bits per heavy atom. The Morgan fingerprint density at radius 3 is 2.50 bits per heavy atom. The van der Waals surface area contributed by atoms with Crippen molar-refractivity contribution in [3.63, 3.8) is 0 Å². The zero-order valence-electron chi connectivity index (χ0n) is 22.1. The molecule has 202 valence electrons. The van der Waals surface area contributed by atoms with E-state index >= 15 is 0 Å². The Morgan fingerprint density at radius 2 is 1.89 bits per heavy atom. The first kappa shape index (κ1) is 27.2. The molecule has 1 fully saturated rings. The van der Waals surface area contributed by atoms with Crippen molar-refractivity contribution in [1.29, 1.82) is 0 Å². The van der Waals surface area contributed by atoms with E-state index in [1.165, 1.54) is 21.8 Å². The number of benzene rings is 2. The van der Waals surface area contributed by atoms with E-state index in [4.69, 9.17) is 9.47 Å². The number of methoxy groups -OCH3 is 1. The van der Waals surface area contributed by atoms with Gasteiger partial charge in [0.1, 0.15) is 24.2 Å². The maximum Gasteiger partial charge on any atom is 0.247 e. The molecule has 2 atom stereocenters. The molecule has 1 aliphatic heterocycles. The van der Waals surface area contributed by atoms with Crippen LogP contribution >= 0.6 is 0 Å². The number of halogens is 1. The number of rotatable bonds is 9. The van der Waals surface area contributed by atoms with Crippen molar-refractivity contribution in [2.24, 2.45) is 0 Å². The molecule has 0 bridgehead atoms. The first-order valence-corrected chi connectivity index (χ1v) is 12.5. The molecule has 1 aliphatic rings. The molecule has 10 nitrogen and oxygen atoms in total. The van der Waals surface area contributed by atoms with Crippen LogP contribution in [-0.2, 0) is 20.9 Å². The third-order valence-corrected chi connectivity index (χ3v) is 6.07. The van der Waals surface area contributed by atoms with Gasteiger partial charge in [0.15, 0.2) is 0 Å². The summed E-state index contributed by atoms with van der Waals surface area (Å²) in [5.74, 6) is -0.151. The molecule has 2 aromatic carbocycles. The molecule has 0 spiro atoms. The van der Waals surface area contributed by atoms with Crippen LogP contribution in [0.25, 0.3) is 11.4 Å². The van der Waals surface area contributed by atoms with Gasteiger partial charge in [0.2, 0.25) is 17.6 Å². The molecule has 1 saturated heterocycles. The van der Waals surface area contributed by atoms with Crippen LogP contribution in [0, 0.1) is 5.82 Å². The SMILES string of the molecule is COc1ccc([C@@H](C(=O)NC(C)(C)C)N(C[C@H]2CCCO2)C(=O)Cn2nnc(-c3ccc(F)cc3)n2)cc1. The number of aromatic nitrogens is 4. The van der Waals surface area contributed by atoms with Crippen molar-refractivity contribution >= 4 is 11.8 Å². The minimum atomic E-state index is -0.920. The lowest BCUT2D eigenvalue weighted by molar-refractivity contribution is -0.144. The number of nitrogens with one attached hydrogen (secondary N) is 1. The van der Waals surface area contributed by atoms with Crippen molar-refractivity contribution in [3.8, 4) is 17.1 Å². The molecule has 38 heavy (non-hydrogen) atoms. The van der Waals surface area contributed by atoms with Crippen LogP contribution in [0.2, 0.25) is 0 Å². The van der Waals surface area contributed by atoms with E-state index in [9.17, 15) is 14.0 Å².